The summed E-state index contributed by atoms with van der Waals surface area (Å²) >= 11 is 7.59. The van der Waals surface area contributed by atoms with E-state index in [9.17, 15) is 9.59 Å². The summed E-state index contributed by atoms with van der Waals surface area (Å²) in [5.41, 5.74) is 1.52. The molecule has 0 aliphatic rings. The van der Waals surface area contributed by atoms with Crippen molar-refractivity contribution in [2.75, 3.05) is 0 Å². The highest BCUT2D eigenvalue weighted by Crippen LogP contribution is 2.22. The summed E-state index contributed by atoms with van der Waals surface area (Å²) in [4.78, 5) is 30.8. The zero-order chi connectivity index (χ0) is 22.1. The number of hydrogen-bond acceptors (Lipinski definition) is 6. The van der Waals surface area contributed by atoms with E-state index in [1.807, 2.05) is 36.4 Å². The van der Waals surface area contributed by atoms with Crippen LogP contribution < -0.4 is 11.1 Å². The third-order valence-electron chi connectivity index (χ3n) is 5.06. The Hall–Kier alpha value is -3.49. The van der Waals surface area contributed by atoms with Crippen LogP contribution in [-0.4, -0.2) is 24.5 Å². The van der Waals surface area contributed by atoms with Crippen molar-refractivity contribution in [2.24, 2.45) is 0 Å². The molecule has 0 radical (unpaired) electrons. The van der Waals surface area contributed by atoms with E-state index < -0.39 is 0 Å². The van der Waals surface area contributed by atoms with Crippen LogP contribution in [0.15, 0.2) is 87.5 Å². The van der Waals surface area contributed by atoms with Crippen LogP contribution in [0.5, 0.6) is 0 Å². The minimum Gasteiger partial charge on any atom is -0.282 e. The molecule has 5 rings (SSSR count). The highest BCUT2D eigenvalue weighted by atomic mass is 35.5. The van der Waals surface area contributed by atoms with Gasteiger partial charge in [-0.25, -0.2) is 4.98 Å². The van der Waals surface area contributed by atoms with Gasteiger partial charge in [-0.3, -0.25) is 14.2 Å². The molecule has 7 nitrogen and oxygen atoms in total. The van der Waals surface area contributed by atoms with Crippen molar-refractivity contribution >= 4 is 45.2 Å². The van der Waals surface area contributed by atoms with Gasteiger partial charge < -0.3 is 0 Å². The number of aromatic nitrogens is 5. The second-order valence-corrected chi connectivity index (χ2v) is 8.40. The molecule has 0 unspecified atom stereocenters. The average molecular weight is 462 g/mol. The molecule has 158 valence electrons. The number of nitrogens with zero attached hydrogens (tertiary/aromatic N) is 5. The van der Waals surface area contributed by atoms with Gasteiger partial charge in [0.1, 0.15) is 5.52 Å². The lowest BCUT2D eigenvalue weighted by atomic mass is 10.2. The zero-order valence-corrected chi connectivity index (χ0v) is 18.3. The van der Waals surface area contributed by atoms with E-state index in [-0.39, 0.29) is 23.5 Å². The van der Waals surface area contributed by atoms with E-state index in [1.54, 1.807) is 41.0 Å². The summed E-state index contributed by atoms with van der Waals surface area (Å²) in [7, 11) is 0. The summed E-state index contributed by atoms with van der Waals surface area (Å²) in [6.07, 6.45) is 0. The SMILES string of the molecule is O=c1c2ccccc2nnn1CSc1nc2ccccc2c(=O)n1Cc1ccccc1Cl. The molecule has 5 aromatic rings. The van der Waals surface area contributed by atoms with Gasteiger partial charge in [0.25, 0.3) is 11.1 Å². The molecule has 0 amide bonds. The molecule has 0 atom stereocenters. The molecule has 2 heterocycles. The highest BCUT2D eigenvalue weighted by Gasteiger charge is 2.14. The topological polar surface area (TPSA) is 82.7 Å². The Labute approximate surface area is 191 Å². The number of thioether (sulfide) groups is 1. The predicted molar refractivity (Wildman–Crippen MR) is 126 cm³/mol. The molecule has 9 heteroatoms. The van der Waals surface area contributed by atoms with Gasteiger partial charge in [-0.1, -0.05) is 71.0 Å². The van der Waals surface area contributed by atoms with E-state index >= 15 is 0 Å². The lowest BCUT2D eigenvalue weighted by Gasteiger charge is -2.14. The van der Waals surface area contributed by atoms with Crippen LogP contribution in [0.3, 0.4) is 0 Å². The number of benzene rings is 3. The Balaban J connectivity index is 1.57. The molecular formula is C23H16ClN5O2S. The van der Waals surface area contributed by atoms with Crippen LogP contribution in [0, 0.1) is 0 Å². The largest absolute Gasteiger partial charge is 0.282 e. The monoisotopic (exact) mass is 461 g/mol. The van der Waals surface area contributed by atoms with Gasteiger partial charge in [-0.15, -0.1) is 5.10 Å². The number of hydrogen-bond donors (Lipinski definition) is 0. The van der Waals surface area contributed by atoms with Gasteiger partial charge in [-0.2, -0.15) is 4.68 Å². The van der Waals surface area contributed by atoms with Crippen LogP contribution in [-0.2, 0) is 12.4 Å². The van der Waals surface area contributed by atoms with Crippen molar-refractivity contribution in [2.45, 2.75) is 17.6 Å². The molecule has 0 aliphatic heterocycles. The van der Waals surface area contributed by atoms with Crippen molar-refractivity contribution in [1.29, 1.82) is 0 Å². The summed E-state index contributed by atoms with van der Waals surface area (Å²) in [6, 6.07) is 21.6. The Morgan fingerprint density at radius 1 is 0.812 bits per heavy atom. The summed E-state index contributed by atoms with van der Waals surface area (Å²) < 4.78 is 2.85. The molecule has 2 aromatic heterocycles. The van der Waals surface area contributed by atoms with E-state index in [0.717, 1.165) is 5.56 Å². The Morgan fingerprint density at radius 2 is 1.47 bits per heavy atom. The van der Waals surface area contributed by atoms with E-state index in [2.05, 4.69) is 15.3 Å². The molecule has 0 N–H and O–H groups in total. The van der Waals surface area contributed by atoms with Crippen LogP contribution in [0.25, 0.3) is 21.8 Å². The lowest BCUT2D eigenvalue weighted by Crippen LogP contribution is -2.26. The normalized spacial score (nSPS) is 11.3. The molecule has 32 heavy (non-hydrogen) atoms. The van der Waals surface area contributed by atoms with Gasteiger partial charge in [-0.05, 0) is 35.9 Å². The average Bonchev–Trinajstić information content (AvgIpc) is 2.82. The Morgan fingerprint density at radius 3 is 2.25 bits per heavy atom. The maximum Gasteiger partial charge on any atom is 0.278 e. The number of rotatable bonds is 5. The van der Waals surface area contributed by atoms with Crippen molar-refractivity contribution in [3.8, 4) is 0 Å². The van der Waals surface area contributed by atoms with Crippen LogP contribution >= 0.6 is 23.4 Å². The molecule has 0 fully saturated rings. The molecule has 0 spiro atoms. The summed E-state index contributed by atoms with van der Waals surface area (Å²) in [6.45, 7) is 0.261. The first-order valence-electron chi connectivity index (χ1n) is 9.80. The predicted octanol–water partition coefficient (Wildman–Crippen LogP) is 3.95. The summed E-state index contributed by atoms with van der Waals surface area (Å²) in [5, 5.41) is 10.2. The van der Waals surface area contributed by atoms with Gasteiger partial charge in [0.05, 0.1) is 28.7 Å². The molecule has 3 aromatic carbocycles. The standard InChI is InChI=1S/C23H16ClN5O2S/c24-18-10-4-1-7-15(18)13-28-21(30)16-8-2-5-11-19(16)25-23(28)32-14-29-22(31)17-9-3-6-12-20(17)26-27-29/h1-12H,13-14H2. The number of para-hydroxylation sites is 1. The minimum absolute atomic E-state index is 0.157. The first-order valence-corrected chi connectivity index (χ1v) is 11.2. The van der Waals surface area contributed by atoms with Crippen molar-refractivity contribution in [3.05, 3.63) is 104 Å². The molecular weight excluding hydrogens is 446 g/mol. The van der Waals surface area contributed by atoms with E-state index in [4.69, 9.17) is 11.6 Å². The van der Waals surface area contributed by atoms with Crippen LogP contribution in [0.4, 0.5) is 0 Å². The van der Waals surface area contributed by atoms with Gasteiger partial charge in [0, 0.05) is 5.02 Å². The number of fused-ring (bicyclic) bond motifs is 2. The third-order valence-corrected chi connectivity index (χ3v) is 6.37. The second-order valence-electron chi connectivity index (χ2n) is 7.08. The maximum atomic E-state index is 13.3. The first kappa shape index (κ1) is 20.4. The van der Waals surface area contributed by atoms with Gasteiger partial charge in [0.2, 0.25) is 0 Å². The molecule has 0 aliphatic carbocycles. The Bertz CT molecular complexity index is 1580. The maximum absolute atomic E-state index is 13.3. The van der Waals surface area contributed by atoms with Gasteiger partial charge in [0.15, 0.2) is 5.16 Å². The fourth-order valence-electron chi connectivity index (χ4n) is 3.42. The molecule has 0 saturated carbocycles. The van der Waals surface area contributed by atoms with Crippen molar-refractivity contribution in [1.82, 2.24) is 24.5 Å². The number of halogens is 1. The van der Waals surface area contributed by atoms with E-state index in [1.165, 1.54) is 16.4 Å². The first-order chi connectivity index (χ1) is 15.6. The van der Waals surface area contributed by atoms with E-state index in [0.29, 0.717) is 32.0 Å². The fraction of sp³-hybridized carbons (Fsp3) is 0.0870. The van der Waals surface area contributed by atoms with Crippen molar-refractivity contribution < 1.29 is 0 Å². The molecule has 0 bridgehead atoms. The molecule has 0 saturated heterocycles. The lowest BCUT2D eigenvalue weighted by molar-refractivity contribution is 0.630. The Kier molecular flexibility index (Phi) is 5.46. The van der Waals surface area contributed by atoms with Crippen LogP contribution in [0.1, 0.15) is 5.56 Å². The second kappa shape index (κ2) is 8.57. The fourth-order valence-corrected chi connectivity index (χ4v) is 4.49. The zero-order valence-electron chi connectivity index (χ0n) is 16.7. The quantitative estimate of drug-likeness (QED) is 0.291. The summed E-state index contributed by atoms with van der Waals surface area (Å²) in [5.74, 6) is 0.157. The minimum atomic E-state index is -0.246. The highest BCUT2D eigenvalue weighted by molar-refractivity contribution is 7.98. The van der Waals surface area contributed by atoms with Gasteiger partial charge >= 0.3 is 0 Å². The third kappa shape index (κ3) is 3.79. The smallest absolute Gasteiger partial charge is 0.278 e. The van der Waals surface area contributed by atoms with Crippen molar-refractivity contribution in [3.63, 3.8) is 0 Å². The van der Waals surface area contributed by atoms with Crippen LogP contribution in [0.2, 0.25) is 5.02 Å².